The van der Waals surface area contributed by atoms with E-state index in [1.165, 1.54) is 0 Å². The molecule has 0 radical (unpaired) electrons. The first-order valence-electron chi connectivity index (χ1n) is 8.96. The molecule has 1 heterocycles. The summed E-state index contributed by atoms with van der Waals surface area (Å²) in [5, 5.41) is 2.93. The van der Waals surface area contributed by atoms with E-state index < -0.39 is 12.1 Å². The number of carbonyl (C=O) groups excluding carboxylic acids is 3. The van der Waals surface area contributed by atoms with Crippen molar-refractivity contribution in [3.05, 3.63) is 29.8 Å². The Morgan fingerprint density at radius 1 is 1.16 bits per heavy atom. The van der Waals surface area contributed by atoms with Crippen molar-refractivity contribution in [1.82, 2.24) is 5.32 Å². The number of hydrogen-bond acceptors (Lipinski definition) is 4. The van der Waals surface area contributed by atoms with Gasteiger partial charge in [-0.15, -0.1) is 0 Å². The highest BCUT2D eigenvalue weighted by Crippen LogP contribution is 2.22. The van der Waals surface area contributed by atoms with E-state index in [0.717, 1.165) is 37.8 Å². The van der Waals surface area contributed by atoms with Gasteiger partial charge in [0.25, 0.3) is 5.91 Å². The zero-order valence-corrected chi connectivity index (χ0v) is 14.5. The van der Waals surface area contributed by atoms with Gasteiger partial charge >= 0.3 is 5.97 Å². The number of carbonyl (C=O) groups is 3. The first kappa shape index (κ1) is 17.5. The van der Waals surface area contributed by atoms with Crippen LogP contribution in [0.2, 0.25) is 0 Å². The van der Waals surface area contributed by atoms with Crippen LogP contribution in [0.1, 0.15) is 55.8 Å². The van der Waals surface area contributed by atoms with Gasteiger partial charge in [-0.2, -0.15) is 0 Å². The van der Waals surface area contributed by atoms with Crippen LogP contribution in [0.3, 0.4) is 0 Å². The van der Waals surface area contributed by atoms with Crippen molar-refractivity contribution < 1.29 is 19.1 Å². The van der Waals surface area contributed by atoms with Crippen molar-refractivity contribution in [2.75, 3.05) is 11.4 Å². The average molecular weight is 344 g/mol. The lowest BCUT2D eigenvalue weighted by atomic mass is 10.2. The zero-order chi connectivity index (χ0) is 17.8. The average Bonchev–Trinajstić information content (AvgIpc) is 3.26. The lowest BCUT2D eigenvalue weighted by Crippen LogP contribution is -2.40. The van der Waals surface area contributed by atoms with E-state index in [0.29, 0.717) is 18.5 Å². The smallest absolute Gasteiger partial charge is 0.338 e. The highest BCUT2D eigenvalue weighted by molar-refractivity contribution is 5.96. The maximum atomic E-state index is 12.2. The number of esters is 1. The quantitative estimate of drug-likeness (QED) is 0.833. The topological polar surface area (TPSA) is 75.7 Å². The van der Waals surface area contributed by atoms with Crippen molar-refractivity contribution in [2.24, 2.45) is 0 Å². The summed E-state index contributed by atoms with van der Waals surface area (Å²) in [4.78, 5) is 37.8. The van der Waals surface area contributed by atoms with E-state index in [4.69, 9.17) is 4.74 Å². The highest BCUT2D eigenvalue weighted by Gasteiger charge is 2.24. The first-order chi connectivity index (χ1) is 12.0. The fraction of sp³-hybridized carbons (Fsp3) is 0.526. The Balaban J connectivity index is 1.55. The van der Waals surface area contributed by atoms with Gasteiger partial charge in [-0.1, -0.05) is 12.8 Å². The maximum absolute atomic E-state index is 12.2. The van der Waals surface area contributed by atoms with Crippen molar-refractivity contribution in [3.8, 4) is 0 Å². The Morgan fingerprint density at radius 3 is 2.44 bits per heavy atom. The molecule has 1 saturated heterocycles. The number of nitrogens with zero attached hydrogens (tertiary/aromatic N) is 1. The molecule has 2 fully saturated rings. The van der Waals surface area contributed by atoms with Gasteiger partial charge < -0.3 is 15.0 Å². The summed E-state index contributed by atoms with van der Waals surface area (Å²) in [6, 6.07) is 6.94. The second-order valence-corrected chi connectivity index (χ2v) is 6.73. The van der Waals surface area contributed by atoms with E-state index in [-0.39, 0.29) is 17.9 Å². The third-order valence-corrected chi connectivity index (χ3v) is 4.84. The number of amides is 2. The molecule has 1 aromatic rings. The Bertz CT molecular complexity index is 650. The fourth-order valence-electron chi connectivity index (χ4n) is 3.37. The fourth-order valence-corrected chi connectivity index (χ4v) is 3.37. The van der Waals surface area contributed by atoms with E-state index >= 15 is 0 Å². The van der Waals surface area contributed by atoms with Gasteiger partial charge in [0, 0.05) is 24.7 Å². The third-order valence-electron chi connectivity index (χ3n) is 4.84. The lowest BCUT2D eigenvalue weighted by Gasteiger charge is -2.18. The van der Waals surface area contributed by atoms with E-state index in [2.05, 4.69) is 5.32 Å². The number of benzene rings is 1. The maximum Gasteiger partial charge on any atom is 0.338 e. The van der Waals surface area contributed by atoms with Gasteiger partial charge in [-0.05, 0) is 50.5 Å². The van der Waals surface area contributed by atoms with Crippen molar-refractivity contribution in [1.29, 1.82) is 0 Å². The molecular formula is C19H24N2O4. The van der Waals surface area contributed by atoms with E-state index in [1.54, 1.807) is 36.1 Å². The molecule has 1 atom stereocenters. The molecule has 1 saturated carbocycles. The summed E-state index contributed by atoms with van der Waals surface area (Å²) in [7, 11) is 0. The molecule has 1 aliphatic carbocycles. The van der Waals surface area contributed by atoms with Crippen LogP contribution < -0.4 is 10.2 Å². The number of ether oxygens (including phenoxy) is 1. The molecule has 25 heavy (non-hydrogen) atoms. The SMILES string of the molecule is C[C@H](OC(=O)c1ccc(N2CCCC2=O)cc1)C(=O)NC1CCCC1. The Morgan fingerprint density at radius 2 is 1.84 bits per heavy atom. The number of hydrogen-bond donors (Lipinski definition) is 1. The third kappa shape index (κ3) is 4.18. The van der Waals surface area contributed by atoms with Gasteiger partial charge in [0.15, 0.2) is 6.10 Å². The van der Waals surface area contributed by atoms with E-state index in [9.17, 15) is 14.4 Å². The van der Waals surface area contributed by atoms with Gasteiger partial charge in [-0.25, -0.2) is 4.79 Å². The molecule has 2 amide bonds. The molecule has 2 aliphatic rings. The first-order valence-corrected chi connectivity index (χ1v) is 8.96. The molecule has 0 bridgehead atoms. The molecular weight excluding hydrogens is 320 g/mol. The molecule has 1 aliphatic heterocycles. The molecule has 134 valence electrons. The van der Waals surface area contributed by atoms with Crippen LogP contribution in [-0.4, -0.2) is 36.5 Å². The molecule has 1 N–H and O–H groups in total. The molecule has 3 rings (SSSR count). The normalized spacial score (nSPS) is 19.1. The summed E-state index contributed by atoms with van der Waals surface area (Å²) in [5.41, 5.74) is 1.15. The monoisotopic (exact) mass is 344 g/mol. The Kier molecular flexibility index (Phi) is 5.36. The molecule has 6 heteroatoms. The molecule has 0 spiro atoms. The van der Waals surface area contributed by atoms with Gasteiger partial charge in [0.1, 0.15) is 0 Å². The number of rotatable bonds is 5. The summed E-state index contributed by atoms with van der Waals surface area (Å²) >= 11 is 0. The largest absolute Gasteiger partial charge is 0.449 e. The summed E-state index contributed by atoms with van der Waals surface area (Å²) < 4.78 is 5.26. The van der Waals surface area contributed by atoms with E-state index in [1.807, 2.05) is 0 Å². The van der Waals surface area contributed by atoms with Crippen molar-refractivity contribution in [3.63, 3.8) is 0 Å². The molecule has 6 nitrogen and oxygen atoms in total. The van der Waals surface area contributed by atoms with Gasteiger partial charge in [-0.3, -0.25) is 9.59 Å². The predicted molar refractivity (Wildman–Crippen MR) is 93.3 cm³/mol. The summed E-state index contributed by atoms with van der Waals surface area (Å²) in [5.74, 6) is -0.680. The second-order valence-electron chi connectivity index (χ2n) is 6.73. The summed E-state index contributed by atoms with van der Waals surface area (Å²) in [6.45, 7) is 2.29. The van der Waals surface area contributed by atoms with Crippen LogP contribution in [0.4, 0.5) is 5.69 Å². The van der Waals surface area contributed by atoms with Crippen LogP contribution >= 0.6 is 0 Å². The van der Waals surface area contributed by atoms with Crippen LogP contribution in [0.25, 0.3) is 0 Å². The zero-order valence-electron chi connectivity index (χ0n) is 14.5. The van der Waals surface area contributed by atoms with Crippen LogP contribution in [0.5, 0.6) is 0 Å². The van der Waals surface area contributed by atoms with Gasteiger partial charge in [0.05, 0.1) is 5.56 Å². The highest BCUT2D eigenvalue weighted by atomic mass is 16.5. The van der Waals surface area contributed by atoms with Crippen molar-refractivity contribution in [2.45, 2.75) is 57.6 Å². The molecule has 1 aromatic carbocycles. The Hall–Kier alpha value is -2.37. The summed E-state index contributed by atoms with van der Waals surface area (Å²) in [6.07, 6.45) is 4.84. The second kappa shape index (κ2) is 7.68. The van der Waals surface area contributed by atoms with Gasteiger partial charge in [0.2, 0.25) is 5.91 Å². The molecule has 0 aromatic heterocycles. The Labute approximate surface area is 147 Å². The number of nitrogens with one attached hydrogen (secondary N) is 1. The minimum Gasteiger partial charge on any atom is -0.449 e. The van der Waals surface area contributed by atoms with Crippen LogP contribution in [-0.2, 0) is 14.3 Å². The standard InChI is InChI=1S/C19H24N2O4/c1-13(18(23)20-15-5-2-3-6-15)25-19(24)14-8-10-16(11-9-14)21-12-4-7-17(21)22/h8-11,13,15H,2-7,12H2,1H3,(H,20,23)/t13-/m0/s1. The number of anilines is 1. The minimum absolute atomic E-state index is 0.104. The van der Waals surface area contributed by atoms with Crippen LogP contribution in [0.15, 0.2) is 24.3 Å². The lowest BCUT2D eigenvalue weighted by molar-refractivity contribution is -0.129. The van der Waals surface area contributed by atoms with Crippen LogP contribution in [0, 0.1) is 0 Å². The van der Waals surface area contributed by atoms with Crippen molar-refractivity contribution >= 4 is 23.5 Å². The predicted octanol–water partition coefficient (Wildman–Crippen LogP) is 2.42. The molecule has 0 unspecified atom stereocenters. The minimum atomic E-state index is -0.826.